The van der Waals surface area contributed by atoms with Crippen molar-refractivity contribution in [2.24, 2.45) is 5.92 Å². The van der Waals surface area contributed by atoms with Crippen molar-refractivity contribution in [1.82, 2.24) is 10.2 Å². The molecule has 1 heterocycles. The van der Waals surface area contributed by atoms with E-state index < -0.39 is 24.2 Å². The Morgan fingerprint density at radius 1 is 0.826 bits per heavy atom. The minimum Gasteiger partial charge on any atom is -0.464 e. The summed E-state index contributed by atoms with van der Waals surface area (Å²) in [7, 11) is 0. The first-order valence-electron chi connectivity index (χ1n) is 15.9. The van der Waals surface area contributed by atoms with Gasteiger partial charge in [-0.05, 0) is 59.1 Å². The van der Waals surface area contributed by atoms with Crippen LogP contribution < -0.4 is 5.32 Å². The predicted molar refractivity (Wildman–Crippen MR) is 172 cm³/mol. The van der Waals surface area contributed by atoms with Gasteiger partial charge in [-0.2, -0.15) is 0 Å². The van der Waals surface area contributed by atoms with Crippen LogP contribution >= 0.6 is 0 Å². The van der Waals surface area contributed by atoms with Crippen molar-refractivity contribution >= 4 is 18.2 Å². The summed E-state index contributed by atoms with van der Waals surface area (Å²) in [4.78, 5) is 41.4. The predicted octanol–water partition coefficient (Wildman–Crippen LogP) is 7.17. The van der Waals surface area contributed by atoms with Gasteiger partial charge in [-0.3, -0.25) is 4.90 Å². The number of rotatable bonds is 10. The minimum absolute atomic E-state index is 0.0309. The first-order valence-corrected chi connectivity index (χ1v) is 15.9. The van der Waals surface area contributed by atoms with E-state index in [1.165, 1.54) is 0 Å². The van der Waals surface area contributed by atoms with Crippen LogP contribution in [0, 0.1) is 5.92 Å². The summed E-state index contributed by atoms with van der Waals surface area (Å²) in [5.74, 6) is -0.648. The highest BCUT2D eigenvalue weighted by molar-refractivity contribution is 5.82. The highest BCUT2D eigenvalue weighted by Crippen LogP contribution is 2.51. The molecule has 2 aliphatic carbocycles. The summed E-state index contributed by atoms with van der Waals surface area (Å²) in [6.07, 6.45) is -0.523. The Hall–Kier alpha value is -5.11. The summed E-state index contributed by atoms with van der Waals surface area (Å²) in [5, 5.41) is 2.77. The Labute approximate surface area is 268 Å². The molecule has 1 saturated heterocycles. The number of nitrogens with one attached hydrogen (secondary N) is 1. The van der Waals surface area contributed by atoms with Crippen LogP contribution in [0.15, 0.2) is 109 Å². The van der Waals surface area contributed by atoms with E-state index in [4.69, 9.17) is 14.2 Å². The second-order valence-corrected chi connectivity index (χ2v) is 12.1. The number of cyclic esters (lactones) is 1. The molecule has 1 N–H and O–H groups in total. The maximum Gasteiger partial charge on any atom is 0.411 e. The minimum atomic E-state index is -0.913. The molecular weight excluding hydrogens is 580 g/mol. The van der Waals surface area contributed by atoms with Crippen molar-refractivity contribution in [1.29, 1.82) is 0 Å². The highest BCUT2D eigenvalue weighted by Gasteiger charge is 2.55. The molecule has 5 atom stereocenters. The van der Waals surface area contributed by atoms with Gasteiger partial charge in [0.05, 0.1) is 6.61 Å². The first kappa shape index (κ1) is 29.6. The molecule has 0 radical (unpaired) electrons. The molecule has 1 saturated carbocycles. The van der Waals surface area contributed by atoms with Crippen LogP contribution in [-0.4, -0.2) is 48.4 Å². The fourth-order valence-electron chi connectivity index (χ4n) is 7.08. The summed E-state index contributed by atoms with van der Waals surface area (Å²) < 4.78 is 17.0. The number of amides is 2. The second kappa shape index (κ2) is 12.7. The molecule has 7 rings (SSSR count). The van der Waals surface area contributed by atoms with Gasteiger partial charge < -0.3 is 19.5 Å². The third-order valence-corrected chi connectivity index (χ3v) is 9.28. The van der Waals surface area contributed by atoms with E-state index >= 15 is 0 Å². The second-order valence-electron chi connectivity index (χ2n) is 12.1. The number of alkyl carbamates (subject to hydrolysis) is 1. The van der Waals surface area contributed by atoms with E-state index in [1.54, 1.807) is 6.92 Å². The van der Waals surface area contributed by atoms with Crippen molar-refractivity contribution in [3.63, 3.8) is 0 Å². The number of hydrogen-bond acceptors (Lipinski definition) is 6. The van der Waals surface area contributed by atoms with Crippen LogP contribution in [0.2, 0.25) is 0 Å². The summed E-state index contributed by atoms with van der Waals surface area (Å²) in [5.41, 5.74) is 6.40. The van der Waals surface area contributed by atoms with Gasteiger partial charge in [-0.1, -0.05) is 109 Å². The number of benzene rings is 4. The quantitative estimate of drug-likeness (QED) is 0.150. The number of carbonyl (C=O) groups is 3. The first-order chi connectivity index (χ1) is 22.5. The Balaban J connectivity index is 1.04. The number of ether oxygens (including phenoxy) is 3. The lowest BCUT2D eigenvalue weighted by Gasteiger charge is -2.26. The molecule has 4 aromatic rings. The lowest BCUT2D eigenvalue weighted by molar-refractivity contribution is -0.145. The fraction of sp³-hybridized carbons (Fsp3) is 0.289. The molecule has 1 aliphatic heterocycles. The number of hydrogen-bond donors (Lipinski definition) is 1. The zero-order chi connectivity index (χ0) is 31.6. The summed E-state index contributed by atoms with van der Waals surface area (Å²) >= 11 is 0. The average molecular weight is 617 g/mol. The molecule has 8 heteroatoms. The Kier molecular flexibility index (Phi) is 8.18. The van der Waals surface area contributed by atoms with Gasteiger partial charge in [-0.15, -0.1) is 0 Å². The van der Waals surface area contributed by atoms with E-state index in [0.717, 1.165) is 33.4 Å². The van der Waals surface area contributed by atoms with Gasteiger partial charge in [0.25, 0.3) is 0 Å². The van der Waals surface area contributed by atoms with Gasteiger partial charge in [0.2, 0.25) is 0 Å². The lowest BCUT2D eigenvalue weighted by atomic mass is 9.95. The maximum absolute atomic E-state index is 13.4. The largest absolute Gasteiger partial charge is 0.464 e. The number of nitrogens with zero attached hydrogens (tertiary/aromatic N) is 1. The standard InChI is InChI=1S/C38H36N2O6/c1-2-44-36(41)32(39-37(42)45-23-31-29-19-11-9-17-27(29)28-18-10-12-20-30(28)31)21-26-22-33(26)40-34(24-13-5-3-6-14-24)35(46-38(40)43)25-15-7-4-8-16-25/h3-20,26,31-35H,2,21-23H2,1H3,(H,39,42)/t26-,32-,33-,34-,35+/m1/s1. The van der Waals surface area contributed by atoms with Crippen molar-refractivity contribution in [3.05, 3.63) is 131 Å². The average Bonchev–Trinajstić information content (AvgIpc) is 3.64. The summed E-state index contributed by atoms with van der Waals surface area (Å²) in [6.45, 7) is 2.06. The molecule has 0 spiro atoms. The van der Waals surface area contributed by atoms with Crippen LogP contribution in [-0.2, 0) is 19.0 Å². The fourth-order valence-corrected chi connectivity index (χ4v) is 7.08. The van der Waals surface area contributed by atoms with Gasteiger partial charge in [-0.25, -0.2) is 14.4 Å². The Morgan fingerprint density at radius 2 is 1.41 bits per heavy atom. The van der Waals surface area contributed by atoms with Crippen LogP contribution in [0.5, 0.6) is 0 Å². The highest BCUT2D eigenvalue weighted by atomic mass is 16.6. The third kappa shape index (κ3) is 5.71. The van der Waals surface area contributed by atoms with E-state index in [9.17, 15) is 14.4 Å². The topological polar surface area (TPSA) is 94.2 Å². The molecule has 2 amide bonds. The van der Waals surface area contributed by atoms with Crippen molar-refractivity contribution < 1.29 is 28.6 Å². The van der Waals surface area contributed by atoms with Crippen molar-refractivity contribution in [2.75, 3.05) is 13.2 Å². The van der Waals surface area contributed by atoms with Crippen LogP contribution in [0.3, 0.4) is 0 Å². The lowest BCUT2D eigenvalue weighted by Crippen LogP contribution is -2.43. The molecule has 3 aliphatic rings. The normalized spacial score (nSPS) is 21.9. The molecule has 2 fully saturated rings. The van der Waals surface area contributed by atoms with Gasteiger partial charge >= 0.3 is 18.2 Å². The third-order valence-electron chi connectivity index (χ3n) is 9.28. The van der Waals surface area contributed by atoms with Crippen LogP contribution in [0.25, 0.3) is 11.1 Å². The Morgan fingerprint density at radius 3 is 2.04 bits per heavy atom. The number of esters is 1. The zero-order valence-corrected chi connectivity index (χ0v) is 25.6. The smallest absolute Gasteiger partial charge is 0.411 e. The van der Waals surface area contributed by atoms with E-state index in [2.05, 4.69) is 29.6 Å². The van der Waals surface area contributed by atoms with Crippen molar-refractivity contribution in [3.8, 4) is 11.1 Å². The molecule has 8 nitrogen and oxygen atoms in total. The monoisotopic (exact) mass is 616 g/mol. The molecular formula is C38H36N2O6. The van der Waals surface area contributed by atoms with E-state index in [1.807, 2.05) is 89.8 Å². The van der Waals surface area contributed by atoms with Gasteiger partial charge in [0.1, 0.15) is 18.7 Å². The van der Waals surface area contributed by atoms with Gasteiger partial charge in [0, 0.05) is 12.0 Å². The molecule has 0 bridgehead atoms. The number of fused-ring (bicyclic) bond motifs is 3. The summed E-state index contributed by atoms with van der Waals surface area (Å²) in [6, 6.07) is 34.5. The molecule has 4 aromatic carbocycles. The van der Waals surface area contributed by atoms with Crippen LogP contribution in [0.4, 0.5) is 9.59 Å². The zero-order valence-electron chi connectivity index (χ0n) is 25.6. The SMILES string of the molecule is CCOC(=O)[C@@H](C[C@@H]1C[C@H]1N1C(=O)O[C@@H](c2ccccc2)[C@H]1c1ccccc1)NC(=O)OCC1c2ccccc2-c2ccccc21. The van der Waals surface area contributed by atoms with Crippen molar-refractivity contribution in [2.45, 2.75) is 49.9 Å². The molecule has 234 valence electrons. The van der Waals surface area contributed by atoms with E-state index in [-0.39, 0.29) is 43.2 Å². The molecule has 0 unspecified atom stereocenters. The van der Waals surface area contributed by atoms with E-state index in [0.29, 0.717) is 12.8 Å². The Bertz CT molecular complexity index is 1680. The van der Waals surface area contributed by atoms with Gasteiger partial charge in [0.15, 0.2) is 6.10 Å². The van der Waals surface area contributed by atoms with Crippen LogP contribution in [0.1, 0.15) is 60.1 Å². The maximum atomic E-state index is 13.4. The number of carbonyl (C=O) groups excluding carboxylic acids is 3. The molecule has 46 heavy (non-hydrogen) atoms. The molecule has 0 aromatic heterocycles.